The second-order valence-electron chi connectivity index (χ2n) is 6.67. The lowest BCUT2D eigenvalue weighted by Gasteiger charge is -2.12. The Morgan fingerprint density at radius 3 is 2.72 bits per heavy atom. The number of amides is 1. The van der Waals surface area contributed by atoms with Crippen LogP contribution in [-0.2, 0) is 6.54 Å². The Labute approximate surface area is 167 Å². The van der Waals surface area contributed by atoms with Gasteiger partial charge in [0, 0.05) is 29.9 Å². The van der Waals surface area contributed by atoms with Gasteiger partial charge in [-0.15, -0.1) is 0 Å². The van der Waals surface area contributed by atoms with Crippen LogP contribution >= 0.6 is 0 Å². The average Bonchev–Trinajstić information content (AvgIpc) is 2.73. The molecule has 0 saturated carbocycles. The summed E-state index contributed by atoms with van der Waals surface area (Å²) >= 11 is 0. The molecule has 7 nitrogen and oxygen atoms in total. The van der Waals surface area contributed by atoms with Crippen molar-refractivity contribution in [3.63, 3.8) is 0 Å². The molecule has 146 valence electrons. The van der Waals surface area contributed by atoms with E-state index in [1.807, 2.05) is 36.6 Å². The molecule has 0 aliphatic heterocycles. The van der Waals surface area contributed by atoms with Gasteiger partial charge in [0.15, 0.2) is 0 Å². The third kappa shape index (κ3) is 3.31. The summed E-state index contributed by atoms with van der Waals surface area (Å²) in [6.07, 6.45) is 1.56. The SMILES string of the molecule is CCn1cc(C(=O)Nc2cccc3ccc(OC)nc23)c(=O)c2ccc(C)nc21. The van der Waals surface area contributed by atoms with Crippen molar-refractivity contribution in [1.29, 1.82) is 0 Å². The molecule has 0 bridgehead atoms. The van der Waals surface area contributed by atoms with Crippen LogP contribution in [0.2, 0.25) is 0 Å². The maximum atomic E-state index is 13.0. The Morgan fingerprint density at radius 2 is 1.97 bits per heavy atom. The molecule has 1 aromatic carbocycles. The van der Waals surface area contributed by atoms with Gasteiger partial charge >= 0.3 is 0 Å². The molecule has 0 fully saturated rings. The zero-order valence-electron chi connectivity index (χ0n) is 16.4. The summed E-state index contributed by atoms with van der Waals surface area (Å²) in [5.41, 5.74) is 2.20. The Kier molecular flexibility index (Phi) is 4.72. The monoisotopic (exact) mass is 388 g/mol. The van der Waals surface area contributed by atoms with Crippen LogP contribution in [0.1, 0.15) is 23.0 Å². The van der Waals surface area contributed by atoms with Gasteiger partial charge in [-0.25, -0.2) is 9.97 Å². The number of pyridine rings is 3. The number of fused-ring (bicyclic) bond motifs is 2. The first kappa shape index (κ1) is 18.6. The summed E-state index contributed by atoms with van der Waals surface area (Å²) in [6.45, 7) is 4.39. The first-order valence-corrected chi connectivity index (χ1v) is 9.27. The molecule has 3 aromatic heterocycles. The van der Waals surface area contributed by atoms with E-state index in [9.17, 15) is 9.59 Å². The van der Waals surface area contributed by atoms with Crippen LogP contribution in [0.3, 0.4) is 0 Å². The number of hydrogen-bond acceptors (Lipinski definition) is 5. The van der Waals surface area contributed by atoms with Gasteiger partial charge in [0.25, 0.3) is 5.91 Å². The predicted octanol–water partition coefficient (Wildman–Crippen LogP) is 3.53. The number of nitrogens with one attached hydrogen (secondary N) is 1. The summed E-state index contributed by atoms with van der Waals surface area (Å²) in [6, 6.07) is 12.6. The molecule has 4 rings (SSSR count). The van der Waals surface area contributed by atoms with Gasteiger partial charge in [-0.3, -0.25) is 9.59 Å². The van der Waals surface area contributed by atoms with E-state index < -0.39 is 5.91 Å². The van der Waals surface area contributed by atoms with Crippen molar-refractivity contribution in [2.45, 2.75) is 20.4 Å². The number of aromatic nitrogens is 3. The Bertz CT molecular complexity index is 1310. The van der Waals surface area contributed by atoms with E-state index in [-0.39, 0.29) is 11.0 Å². The third-order valence-electron chi connectivity index (χ3n) is 4.80. The molecule has 0 aliphatic carbocycles. The van der Waals surface area contributed by atoms with Gasteiger partial charge in [-0.1, -0.05) is 12.1 Å². The van der Waals surface area contributed by atoms with E-state index in [1.54, 1.807) is 30.5 Å². The normalized spacial score (nSPS) is 11.0. The van der Waals surface area contributed by atoms with Crippen LogP contribution in [0.4, 0.5) is 5.69 Å². The minimum atomic E-state index is -0.489. The highest BCUT2D eigenvalue weighted by Crippen LogP contribution is 2.24. The van der Waals surface area contributed by atoms with Crippen LogP contribution in [0.15, 0.2) is 53.5 Å². The van der Waals surface area contributed by atoms with Crippen molar-refractivity contribution >= 4 is 33.5 Å². The Balaban J connectivity index is 1.81. The highest BCUT2D eigenvalue weighted by atomic mass is 16.5. The van der Waals surface area contributed by atoms with Crippen LogP contribution in [0, 0.1) is 6.92 Å². The van der Waals surface area contributed by atoms with Gasteiger partial charge < -0.3 is 14.6 Å². The molecule has 29 heavy (non-hydrogen) atoms. The first-order chi connectivity index (χ1) is 14.0. The number of hydrogen-bond donors (Lipinski definition) is 1. The van der Waals surface area contributed by atoms with E-state index >= 15 is 0 Å². The number of benzene rings is 1. The number of para-hydroxylation sites is 1. The Morgan fingerprint density at radius 1 is 1.14 bits per heavy atom. The van der Waals surface area contributed by atoms with Gasteiger partial charge in [0.05, 0.1) is 23.7 Å². The minimum absolute atomic E-state index is 0.0601. The zero-order chi connectivity index (χ0) is 20.5. The van der Waals surface area contributed by atoms with E-state index in [4.69, 9.17) is 4.74 Å². The molecule has 1 amide bonds. The lowest BCUT2D eigenvalue weighted by atomic mass is 10.1. The van der Waals surface area contributed by atoms with Crippen molar-refractivity contribution < 1.29 is 9.53 Å². The molecule has 4 aromatic rings. The molecule has 0 unspecified atom stereocenters. The molecule has 0 aliphatic rings. The number of rotatable bonds is 4. The fourth-order valence-corrected chi connectivity index (χ4v) is 3.30. The first-order valence-electron chi connectivity index (χ1n) is 9.27. The van der Waals surface area contributed by atoms with Gasteiger partial charge in [0.2, 0.25) is 11.3 Å². The second-order valence-corrected chi connectivity index (χ2v) is 6.67. The minimum Gasteiger partial charge on any atom is -0.481 e. The molecule has 3 heterocycles. The van der Waals surface area contributed by atoms with E-state index in [0.29, 0.717) is 34.7 Å². The van der Waals surface area contributed by atoms with E-state index in [0.717, 1.165) is 11.1 Å². The number of nitrogens with zero attached hydrogens (tertiary/aromatic N) is 3. The summed E-state index contributed by atoms with van der Waals surface area (Å²) in [7, 11) is 1.54. The van der Waals surface area contributed by atoms with Crippen molar-refractivity contribution in [2.75, 3.05) is 12.4 Å². The second kappa shape index (κ2) is 7.35. The zero-order valence-corrected chi connectivity index (χ0v) is 16.4. The summed E-state index contributed by atoms with van der Waals surface area (Å²) < 4.78 is 7.00. The van der Waals surface area contributed by atoms with E-state index in [1.165, 1.54) is 7.11 Å². The average molecular weight is 388 g/mol. The molecule has 0 saturated heterocycles. The summed E-state index contributed by atoms with van der Waals surface area (Å²) in [4.78, 5) is 34.8. The highest BCUT2D eigenvalue weighted by Gasteiger charge is 2.17. The van der Waals surface area contributed by atoms with E-state index in [2.05, 4.69) is 15.3 Å². The lowest BCUT2D eigenvalue weighted by molar-refractivity contribution is 0.102. The molecule has 0 spiro atoms. The summed E-state index contributed by atoms with van der Waals surface area (Å²) in [5.74, 6) is -0.0449. The van der Waals surface area contributed by atoms with Crippen LogP contribution in [0.25, 0.3) is 21.9 Å². The van der Waals surface area contributed by atoms with Crippen LogP contribution < -0.4 is 15.5 Å². The summed E-state index contributed by atoms with van der Waals surface area (Å²) in [5, 5.41) is 4.10. The topological polar surface area (TPSA) is 86.1 Å². The fourth-order valence-electron chi connectivity index (χ4n) is 3.30. The number of anilines is 1. The molecule has 1 N–H and O–H groups in total. The fraction of sp³-hybridized carbons (Fsp3) is 0.182. The Hall–Kier alpha value is -3.74. The number of methoxy groups -OCH3 is 1. The van der Waals surface area contributed by atoms with Crippen LogP contribution in [-0.4, -0.2) is 27.6 Å². The molecule has 0 atom stereocenters. The van der Waals surface area contributed by atoms with Crippen molar-refractivity contribution in [3.8, 4) is 5.88 Å². The molecule has 7 heteroatoms. The number of ether oxygens (including phenoxy) is 1. The quantitative estimate of drug-likeness (QED) is 0.578. The van der Waals surface area contributed by atoms with Gasteiger partial charge in [-0.2, -0.15) is 0 Å². The highest BCUT2D eigenvalue weighted by molar-refractivity contribution is 6.09. The predicted molar refractivity (Wildman–Crippen MR) is 113 cm³/mol. The standard InChI is InChI=1S/C22H20N4O3/c1-4-26-12-16(20(27)15-10-8-13(2)23-21(15)26)22(28)24-17-7-5-6-14-9-11-18(29-3)25-19(14)17/h5-12H,4H2,1-3H3,(H,24,28). The number of aryl methyl sites for hydroxylation is 2. The lowest BCUT2D eigenvalue weighted by Crippen LogP contribution is -2.24. The van der Waals surface area contributed by atoms with Crippen molar-refractivity contribution in [2.24, 2.45) is 0 Å². The molecular formula is C22H20N4O3. The number of carbonyl (C=O) groups excluding carboxylic acids is 1. The maximum absolute atomic E-state index is 13.0. The van der Waals surface area contributed by atoms with Crippen LogP contribution in [0.5, 0.6) is 5.88 Å². The largest absolute Gasteiger partial charge is 0.481 e. The molecule has 0 radical (unpaired) electrons. The number of carbonyl (C=O) groups is 1. The smallest absolute Gasteiger partial charge is 0.261 e. The van der Waals surface area contributed by atoms with Crippen molar-refractivity contribution in [3.05, 3.63) is 70.1 Å². The molecular weight excluding hydrogens is 368 g/mol. The maximum Gasteiger partial charge on any atom is 0.261 e. The van der Waals surface area contributed by atoms with Gasteiger partial charge in [-0.05, 0) is 38.1 Å². The third-order valence-corrected chi connectivity index (χ3v) is 4.80. The van der Waals surface area contributed by atoms with Crippen molar-refractivity contribution in [1.82, 2.24) is 14.5 Å². The van der Waals surface area contributed by atoms with Gasteiger partial charge in [0.1, 0.15) is 11.2 Å².